The Bertz CT molecular complexity index is 1090. The van der Waals surface area contributed by atoms with Crippen LogP contribution in [-0.4, -0.2) is 52.8 Å². The van der Waals surface area contributed by atoms with Gasteiger partial charge in [0.1, 0.15) is 11.5 Å². The van der Waals surface area contributed by atoms with Gasteiger partial charge in [0.25, 0.3) is 0 Å². The van der Waals surface area contributed by atoms with Crippen LogP contribution in [0.2, 0.25) is 18.1 Å². The summed E-state index contributed by atoms with van der Waals surface area (Å²) >= 11 is 1.61. The van der Waals surface area contributed by atoms with Crippen LogP contribution >= 0.6 is 11.3 Å². The summed E-state index contributed by atoms with van der Waals surface area (Å²) < 4.78 is 30.5. The Morgan fingerprint density at radius 3 is 2.18 bits per heavy atom. The van der Waals surface area contributed by atoms with Crippen LogP contribution in [0.4, 0.5) is 0 Å². The number of ether oxygens (including phenoxy) is 4. The van der Waals surface area contributed by atoms with Crippen LogP contribution in [-0.2, 0) is 31.5 Å². The first kappa shape index (κ1) is 31.6. The van der Waals surface area contributed by atoms with E-state index in [-0.39, 0.29) is 35.7 Å². The summed E-state index contributed by atoms with van der Waals surface area (Å²) in [6, 6.07) is 4.13. The van der Waals surface area contributed by atoms with Crippen molar-refractivity contribution in [3.05, 3.63) is 38.8 Å². The standard InChI is InChI=1S/C30H47NO6SSi/c1-19-24(33-6)15-21(16-25(19)34-7)29(37-39(9,10)30(3,4)5)26(36-22-13-11-12-14-22)18-27-31-23(20(2)38-27)17-28(32)35-8/h15-16,22,26,29H,11-14,17-18H2,1-10H3/t26?,29-/m1/s1. The fourth-order valence-electron chi connectivity index (χ4n) is 4.74. The minimum Gasteiger partial charge on any atom is -0.496 e. The quantitative estimate of drug-likeness (QED) is 0.196. The minimum atomic E-state index is -2.23. The summed E-state index contributed by atoms with van der Waals surface area (Å²) in [4.78, 5) is 17.8. The maximum atomic E-state index is 12.0. The van der Waals surface area contributed by atoms with Crippen molar-refractivity contribution in [1.29, 1.82) is 0 Å². The Kier molecular flexibility index (Phi) is 10.6. The first-order chi connectivity index (χ1) is 18.3. The Morgan fingerprint density at radius 2 is 1.67 bits per heavy atom. The molecule has 2 aromatic rings. The summed E-state index contributed by atoms with van der Waals surface area (Å²) in [5.74, 6) is 1.24. The highest BCUT2D eigenvalue weighted by Gasteiger charge is 2.42. The first-order valence-corrected chi connectivity index (χ1v) is 17.6. The lowest BCUT2D eigenvalue weighted by Gasteiger charge is -2.42. The van der Waals surface area contributed by atoms with Crippen LogP contribution in [0.5, 0.6) is 11.5 Å². The molecule has 1 fully saturated rings. The van der Waals surface area contributed by atoms with E-state index in [9.17, 15) is 4.79 Å². The van der Waals surface area contributed by atoms with Crippen LogP contribution in [0, 0.1) is 13.8 Å². The molecule has 0 saturated heterocycles. The molecule has 1 aromatic heterocycles. The largest absolute Gasteiger partial charge is 0.496 e. The molecule has 0 aliphatic heterocycles. The molecule has 3 rings (SSSR count). The van der Waals surface area contributed by atoms with Gasteiger partial charge in [-0.25, -0.2) is 4.98 Å². The zero-order valence-electron chi connectivity index (χ0n) is 25.4. The number of methoxy groups -OCH3 is 3. The summed E-state index contributed by atoms with van der Waals surface area (Å²) in [7, 11) is 2.55. The normalized spacial score (nSPS) is 16.3. The van der Waals surface area contributed by atoms with Crippen molar-refractivity contribution in [3.8, 4) is 11.5 Å². The second-order valence-electron chi connectivity index (χ2n) is 12.0. The van der Waals surface area contributed by atoms with E-state index in [1.165, 1.54) is 20.0 Å². The maximum absolute atomic E-state index is 12.0. The van der Waals surface area contributed by atoms with Gasteiger partial charge < -0.3 is 23.4 Å². The van der Waals surface area contributed by atoms with Crippen molar-refractivity contribution >= 4 is 25.6 Å². The topological polar surface area (TPSA) is 76.1 Å². The molecule has 1 aliphatic rings. The minimum absolute atomic E-state index is 0.00742. The second kappa shape index (κ2) is 13.1. The molecule has 0 N–H and O–H groups in total. The molecule has 1 heterocycles. The Labute approximate surface area is 239 Å². The fraction of sp³-hybridized carbons (Fsp3) is 0.667. The van der Waals surface area contributed by atoms with Gasteiger partial charge in [0, 0.05) is 16.9 Å². The van der Waals surface area contributed by atoms with Gasteiger partial charge in [-0.05, 0) is 62.5 Å². The van der Waals surface area contributed by atoms with Crippen molar-refractivity contribution in [3.63, 3.8) is 0 Å². The lowest BCUT2D eigenvalue weighted by molar-refractivity contribution is -0.139. The van der Waals surface area contributed by atoms with Crippen molar-refractivity contribution in [2.45, 2.75) is 110 Å². The molecule has 39 heavy (non-hydrogen) atoms. The van der Waals surface area contributed by atoms with Gasteiger partial charge in [-0.2, -0.15) is 0 Å². The van der Waals surface area contributed by atoms with E-state index < -0.39 is 8.32 Å². The highest BCUT2D eigenvalue weighted by atomic mass is 32.1. The summed E-state index contributed by atoms with van der Waals surface area (Å²) in [6.45, 7) is 15.3. The van der Waals surface area contributed by atoms with Gasteiger partial charge >= 0.3 is 5.97 Å². The SMILES string of the molecule is COC(=O)Cc1nc(CC(OC2CCCC2)[C@H](O[Si](C)(C)C(C)(C)C)c2cc(OC)c(C)c(OC)c2)sc1C. The van der Waals surface area contributed by atoms with Gasteiger partial charge in [-0.3, -0.25) is 4.79 Å². The Balaban J connectivity index is 2.10. The molecule has 1 aromatic carbocycles. The lowest BCUT2D eigenvalue weighted by atomic mass is 9.99. The van der Waals surface area contributed by atoms with Gasteiger partial charge in [-0.15, -0.1) is 11.3 Å². The number of aryl methyl sites for hydroxylation is 1. The number of benzene rings is 1. The zero-order valence-corrected chi connectivity index (χ0v) is 27.3. The number of nitrogens with zero attached hydrogens (tertiary/aromatic N) is 1. The molecule has 0 spiro atoms. The molecule has 0 radical (unpaired) electrons. The van der Waals surface area contributed by atoms with Crippen molar-refractivity contribution < 1.29 is 28.2 Å². The van der Waals surface area contributed by atoms with E-state index in [0.29, 0.717) is 6.42 Å². The Hall–Kier alpha value is -1.94. The second-order valence-corrected chi connectivity index (χ2v) is 18.0. The van der Waals surface area contributed by atoms with E-state index in [1.54, 1.807) is 25.6 Å². The van der Waals surface area contributed by atoms with E-state index in [2.05, 4.69) is 46.0 Å². The fourth-order valence-corrected chi connectivity index (χ4v) is 7.01. The number of aromatic nitrogens is 1. The smallest absolute Gasteiger partial charge is 0.311 e. The number of hydrogen-bond donors (Lipinski definition) is 0. The molecule has 1 unspecified atom stereocenters. The zero-order chi connectivity index (χ0) is 29.0. The van der Waals surface area contributed by atoms with E-state index in [0.717, 1.165) is 51.0 Å². The Morgan fingerprint density at radius 1 is 1.08 bits per heavy atom. The number of rotatable bonds is 12. The van der Waals surface area contributed by atoms with Crippen molar-refractivity contribution in [1.82, 2.24) is 4.98 Å². The molecule has 2 atom stereocenters. The van der Waals surface area contributed by atoms with Crippen LogP contribution in [0.25, 0.3) is 0 Å². The molecule has 1 saturated carbocycles. The monoisotopic (exact) mass is 577 g/mol. The highest BCUT2D eigenvalue weighted by Crippen LogP contribution is 2.44. The third-order valence-corrected chi connectivity index (χ3v) is 13.7. The van der Waals surface area contributed by atoms with Crippen LogP contribution < -0.4 is 9.47 Å². The van der Waals surface area contributed by atoms with Crippen molar-refractivity contribution in [2.24, 2.45) is 0 Å². The maximum Gasteiger partial charge on any atom is 0.311 e. The van der Waals surface area contributed by atoms with Crippen LogP contribution in [0.15, 0.2) is 12.1 Å². The lowest BCUT2D eigenvalue weighted by Crippen LogP contribution is -2.45. The summed E-state index contributed by atoms with van der Waals surface area (Å²) in [6.07, 6.45) is 4.78. The average molecular weight is 578 g/mol. The summed E-state index contributed by atoms with van der Waals surface area (Å²) in [5, 5.41) is 0.942. The highest BCUT2D eigenvalue weighted by molar-refractivity contribution is 7.11. The average Bonchev–Trinajstić information content (AvgIpc) is 3.51. The number of carbonyl (C=O) groups excluding carboxylic acids is 1. The molecule has 7 nitrogen and oxygen atoms in total. The number of carbonyl (C=O) groups is 1. The first-order valence-electron chi connectivity index (χ1n) is 13.9. The third kappa shape index (κ3) is 7.84. The number of thiazole rings is 1. The molecular formula is C30H47NO6SSi. The third-order valence-electron chi connectivity index (χ3n) is 8.19. The van der Waals surface area contributed by atoms with E-state index in [1.807, 2.05) is 13.8 Å². The molecular weight excluding hydrogens is 530 g/mol. The predicted octanol–water partition coefficient (Wildman–Crippen LogP) is 7.13. The van der Waals surface area contributed by atoms with Crippen LogP contribution in [0.1, 0.15) is 79.3 Å². The molecule has 9 heteroatoms. The predicted molar refractivity (Wildman–Crippen MR) is 159 cm³/mol. The molecule has 1 aliphatic carbocycles. The molecule has 0 bridgehead atoms. The van der Waals surface area contributed by atoms with Crippen molar-refractivity contribution in [2.75, 3.05) is 21.3 Å². The van der Waals surface area contributed by atoms with E-state index >= 15 is 0 Å². The van der Waals surface area contributed by atoms with E-state index in [4.69, 9.17) is 28.4 Å². The number of esters is 1. The van der Waals surface area contributed by atoms with Gasteiger partial charge in [0.05, 0.1) is 56.8 Å². The number of hydrogen-bond acceptors (Lipinski definition) is 8. The van der Waals surface area contributed by atoms with Gasteiger partial charge in [-0.1, -0.05) is 33.6 Å². The van der Waals surface area contributed by atoms with Gasteiger partial charge in [0.2, 0.25) is 0 Å². The molecule has 218 valence electrons. The summed E-state index contributed by atoms with van der Waals surface area (Å²) in [5.41, 5.74) is 2.69. The molecule has 0 amide bonds. The van der Waals surface area contributed by atoms with Gasteiger partial charge in [0.15, 0.2) is 8.32 Å². The van der Waals surface area contributed by atoms with Crippen LogP contribution in [0.3, 0.4) is 0 Å².